The second-order valence-electron chi connectivity index (χ2n) is 4.52. The fraction of sp³-hybridized carbons (Fsp3) is 1.00. The van der Waals surface area contributed by atoms with Gasteiger partial charge in [-0.05, 0) is 32.4 Å². The van der Waals surface area contributed by atoms with Gasteiger partial charge in [0.05, 0.1) is 0 Å². The first-order valence-corrected chi connectivity index (χ1v) is 7.85. The van der Waals surface area contributed by atoms with Crippen LogP contribution in [0.5, 0.6) is 0 Å². The summed E-state index contributed by atoms with van der Waals surface area (Å²) in [6.07, 6.45) is 2.08. The molecule has 0 bridgehead atoms. The molecule has 0 amide bonds. The van der Waals surface area contributed by atoms with E-state index in [2.05, 4.69) is 5.32 Å². The van der Waals surface area contributed by atoms with E-state index in [1.54, 1.807) is 4.31 Å². The monoisotopic (exact) mass is 299 g/mol. The van der Waals surface area contributed by atoms with Crippen LogP contribution in [0.15, 0.2) is 0 Å². The van der Waals surface area contributed by atoms with Gasteiger partial charge in [-0.1, -0.05) is 13.8 Å². The quantitative estimate of drug-likeness (QED) is 0.794. The summed E-state index contributed by atoms with van der Waals surface area (Å²) < 4.78 is 27.8. The van der Waals surface area contributed by atoms with E-state index in [1.165, 1.54) is 4.31 Å². The Morgan fingerprint density at radius 2 is 1.94 bits per heavy atom. The molecule has 0 saturated carbocycles. The van der Waals surface area contributed by atoms with Crippen molar-refractivity contribution in [2.24, 2.45) is 5.92 Å². The van der Waals surface area contributed by atoms with Gasteiger partial charge in [-0.3, -0.25) is 0 Å². The third-order valence-corrected chi connectivity index (χ3v) is 5.49. The van der Waals surface area contributed by atoms with Gasteiger partial charge in [0.15, 0.2) is 0 Å². The van der Waals surface area contributed by atoms with Gasteiger partial charge in [0.1, 0.15) is 0 Å². The Morgan fingerprint density at radius 1 is 1.33 bits per heavy atom. The zero-order valence-corrected chi connectivity index (χ0v) is 13.2. The van der Waals surface area contributed by atoms with E-state index in [4.69, 9.17) is 0 Å². The second kappa shape index (κ2) is 8.32. The van der Waals surface area contributed by atoms with Gasteiger partial charge in [-0.15, -0.1) is 12.4 Å². The molecule has 5 nitrogen and oxygen atoms in total. The average Bonchev–Trinajstić information content (AvgIpc) is 2.31. The van der Waals surface area contributed by atoms with Crippen molar-refractivity contribution in [3.05, 3.63) is 0 Å². The van der Waals surface area contributed by atoms with Gasteiger partial charge in [0.25, 0.3) is 10.2 Å². The van der Waals surface area contributed by atoms with Gasteiger partial charge < -0.3 is 5.32 Å². The van der Waals surface area contributed by atoms with Crippen LogP contribution in [0.3, 0.4) is 0 Å². The molecule has 1 saturated heterocycles. The Morgan fingerprint density at radius 3 is 2.44 bits per heavy atom. The molecular formula is C11H26ClN3O2S. The van der Waals surface area contributed by atoms with Crippen LogP contribution in [0.25, 0.3) is 0 Å². The van der Waals surface area contributed by atoms with E-state index < -0.39 is 10.2 Å². The second-order valence-corrected chi connectivity index (χ2v) is 6.44. The van der Waals surface area contributed by atoms with Crippen molar-refractivity contribution >= 4 is 22.6 Å². The Bertz CT molecular complexity index is 318. The summed E-state index contributed by atoms with van der Waals surface area (Å²) in [5.41, 5.74) is 0. The fourth-order valence-corrected chi connectivity index (χ4v) is 4.14. The third-order valence-electron chi connectivity index (χ3n) is 3.33. The van der Waals surface area contributed by atoms with Crippen LogP contribution < -0.4 is 5.32 Å². The van der Waals surface area contributed by atoms with Gasteiger partial charge in [0, 0.05) is 26.2 Å². The molecule has 0 aromatic carbocycles. The van der Waals surface area contributed by atoms with E-state index in [-0.39, 0.29) is 12.4 Å². The first-order chi connectivity index (χ1) is 8.06. The van der Waals surface area contributed by atoms with Gasteiger partial charge >= 0.3 is 0 Å². The standard InChI is InChI=1S/C11H25N3O2S.ClH/c1-4-13(5-2)17(15,16)14-8-6-7-11(10-14)9-12-3;/h11-12H,4-10H2,1-3H3;1H. The highest BCUT2D eigenvalue weighted by Crippen LogP contribution is 2.20. The fourth-order valence-electron chi connectivity index (χ4n) is 2.40. The van der Waals surface area contributed by atoms with Crippen LogP contribution in [0.2, 0.25) is 0 Å². The Kier molecular flexibility index (Phi) is 8.38. The lowest BCUT2D eigenvalue weighted by atomic mass is 10.00. The summed E-state index contributed by atoms with van der Waals surface area (Å²) >= 11 is 0. The maximum atomic E-state index is 12.3. The minimum Gasteiger partial charge on any atom is -0.319 e. The molecule has 0 aromatic rings. The van der Waals surface area contributed by atoms with Crippen LogP contribution in [0.4, 0.5) is 0 Å². The van der Waals surface area contributed by atoms with Crippen molar-refractivity contribution in [3.63, 3.8) is 0 Å². The molecule has 1 aliphatic rings. The number of nitrogens with one attached hydrogen (secondary N) is 1. The zero-order valence-electron chi connectivity index (χ0n) is 11.6. The van der Waals surface area contributed by atoms with Gasteiger partial charge in [0.2, 0.25) is 0 Å². The van der Waals surface area contributed by atoms with Gasteiger partial charge in [-0.2, -0.15) is 17.0 Å². The van der Waals surface area contributed by atoms with Crippen molar-refractivity contribution < 1.29 is 8.42 Å². The predicted molar refractivity (Wildman–Crippen MR) is 77.3 cm³/mol. The first-order valence-electron chi connectivity index (χ1n) is 6.46. The van der Waals surface area contributed by atoms with Crippen LogP contribution >= 0.6 is 12.4 Å². The van der Waals surface area contributed by atoms with E-state index in [1.807, 2.05) is 20.9 Å². The normalized spacial score (nSPS) is 21.9. The largest absolute Gasteiger partial charge is 0.319 e. The number of halogens is 1. The smallest absolute Gasteiger partial charge is 0.281 e. The highest BCUT2D eigenvalue weighted by molar-refractivity contribution is 7.86. The summed E-state index contributed by atoms with van der Waals surface area (Å²) in [6, 6.07) is 0. The molecule has 0 radical (unpaired) electrons. The molecule has 110 valence electrons. The minimum absolute atomic E-state index is 0. The maximum Gasteiger partial charge on any atom is 0.281 e. The van der Waals surface area contributed by atoms with Crippen molar-refractivity contribution in [2.75, 3.05) is 39.8 Å². The summed E-state index contributed by atoms with van der Waals surface area (Å²) in [5, 5.41) is 3.13. The van der Waals surface area contributed by atoms with Gasteiger partial charge in [-0.25, -0.2) is 0 Å². The topological polar surface area (TPSA) is 52.7 Å². The summed E-state index contributed by atoms with van der Waals surface area (Å²) in [7, 11) is -1.32. The molecule has 0 aromatic heterocycles. The lowest BCUT2D eigenvalue weighted by molar-refractivity contribution is 0.246. The molecule has 1 heterocycles. The highest BCUT2D eigenvalue weighted by Gasteiger charge is 2.31. The molecule has 18 heavy (non-hydrogen) atoms. The van der Waals surface area contributed by atoms with E-state index in [0.29, 0.717) is 32.1 Å². The molecule has 0 spiro atoms. The van der Waals surface area contributed by atoms with E-state index >= 15 is 0 Å². The average molecular weight is 300 g/mol. The molecule has 7 heteroatoms. The molecule has 0 aliphatic carbocycles. The summed E-state index contributed by atoms with van der Waals surface area (Å²) in [5.74, 6) is 0.444. The highest BCUT2D eigenvalue weighted by atomic mass is 35.5. The molecule has 1 unspecified atom stereocenters. The van der Waals surface area contributed by atoms with Crippen LogP contribution in [0, 0.1) is 5.92 Å². The Labute approximate surface area is 118 Å². The zero-order chi connectivity index (χ0) is 12.9. The lowest BCUT2D eigenvalue weighted by Crippen LogP contribution is -2.49. The molecule has 1 fully saturated rings. The van der Waals surface area contributed by atoms with E-state index in [9.17, 15) is 8.42 Å². The number of rotatable bonds is 6. The Hall–Kier alpha value is 0.120. The SMILES string of the molecule is CCN(CC)S(=O)(=O)N1CCCC(CNC)C1.Cl. The predicted octanol–water partition coefficient (Wildman–Crippen LogP) is 0.926. The number of nitrogens with zero attached hydrogens (tertiary/aromatic N) is 2. The van der Waals surface area contributed by atoms with Crippen LogP contribution in [-0.2, 0) is 10.2 Å². The van der Waals surface area contributed by atoms with E-state index in [0.717, 1.165) is 19.4 Å². The lowest BCUT2D eigenvalue weighted by Gasteiger charge is -2.34. The van der Waals surface area contributed by atoms with Crippen molar-refractivity contribution in [1.82, 2.24) is 13.9 Å². The molecule has 1 aliphatic heterocycles. The number of hydrogen-bond donors (Lipinski definition) is 1. The van der Waals surface area contributed by atoms with Crippen LogP contribution in [-0.4, -0.2) is 56.8 Å². The minimum atomic E-state index is -3.24. The first kappa shape index (κ1) is 18.1. The maximum absolute atomic E-state index is 12.3. The molecular weight excluding hydrogens is 274 g/mol. The summed E-state index contributed by atoms with van der Waals surface area (Å²) in [4.78, 5) is 0. The summed E-state index contributed by atoms with van der Waals surface area (Å²) in [6.45, 7) is 7.08. The van der Waals surface area contributed by atoms with Crippen molar-refractivity contribution in [2.45, 2.75) is 26.7 Å². The molecule has 1 atom stereocenters. The van der Waals surface area contributed by atoms with Crippen molar-refractivity contribution in [1.29, 1.82) is 0 Å². The van der Waals surface area contributed by atoms with Crippen LogP contribution in [0.1, 0.15) is 26.7 Å². The molecule has 1 N–H and O–H groups in total. The van der Waals surface area contributed by atoms with Crippen molar-refractivity contribution in [3.8, 4) is 0 Å². The Balaban J connectivity index is 0.00000289. The number of hydrogen-bond acceptors (Lipinski definition) is 3. The third kappa shape index (κ3) is 4.35. The molecule has 1 rings (SSSR count). The number of piperidine rings is 1.